The third kappa shape index (κ3) is 11.5. The molecule has 1 amide bonds. The van der Waals surface area contributed by atoms with E-state index in [1.165, 1.54) is 12.1 Å². The Kier molecular flexibility index (Phi) is 12.1. The van der Waals surface area contributed by atoms with Crippen molar-refractivity contribution in [2.45, 2.75) is 89.3 Å². The summed E-state index contributed by atoms with van der Waals surface area (Å²) in [5, 5.41) is 10.8. The van der Waals surface area contributed by atoms with Crippen molar-refractivity contribution in [2.24, 2.45) is 0 Å². The molecule has 3 N–H and O–H groups in total. The van der Waals surface area contributed by atoms with Crippen LogP contribution in [0.1, 0.15) is 56.2 Å². The molecule has 20 heteroatoms. The number of aromatic nitrogens is 4. The number of likely N-dealkylation sites (tertiary alicyclic amines) is 1. The summed E-state index contributed by atoms with van der Waals surface area (Å²) in [4.78, 5) is 37.7. The van der Waals surface area contributed by atoms with E-state index in [1.54, 1.807) is 4.90 Å². The van der Waals surface area contributed by atoms with Crippen LogP contribution < -0.4 is 16.0 Å². The topological polar surface area (TPSA) is 126 Å². The Balaban J connectivity index is 0.000000211. The lowest BCUT2D eigenvalue weighted by molar-refractivity contribution is -0.127. The number of amides is 1. The van der Waals surface area contributed by atoms with E-state index in [2.05, 4.69) is 45.6 Å². The number of thiophene rings is 2. The van der Waals surface area contributed by atoms with Crippen molar-refractivity contribution >= 4 is 72.7 Å². The molecule has 0 atom stereocenters. The Morgan fingerprint density at radius 2 is 1.25 bits per heavy atom. The summed E-state index contributed by atoms with van der Waals surface area (Å²) in [5.41, 5.74) is -0.567. The van der Waals surface area contributed by atoms with Crippen molar-refractivity contribution in [1.82, 2.24) is 30.2 Å². The number of anilines is 2. The molecule has 6 rings (SSSR count). The van der Waals surface area contributed by atoms with Crippen LogP contribution in [0.25, 0.3) is 30.1 Å². The second kappa shape index (κ2) is 16.2. The zero-order chi connectivity index (χ0) is 38.6. The smallest absolute Gasteiger partial charge is 0.410 e. The molecule has 0 unspecified atom stereocenters. The van der Waals surface area contributed by atoms with Crippen LogP contribution in [0.4, 0.5) is 54.7 Å². The highest BCUT2D eigenvalue weighted by Crippen LogP contribution is 2.36. The monoisotopic (exact) mass is 782 g/mol. The number of hydrogen-bond donors (Lipinski definition) is 3. The predicted molar refractivity (Wildman–Crippen MR) is 191 cm³/mol. The number of nitrogens with one attached hydrogen (secondary N) is 3. The molecule has 2 saturated heterocycles. The summed E-state index contributed by atoms with van der Waals surface area (Å²) < 4.78 is 81.4. The van der Waals surface area contributed by atoms with Gasteiger partial charge in [0.1, 0.15) is 5.60 Å². The van der Waals surface area contributed by atoms with Crippen molar-refractivity contribution in [2.75, 3.05) is 36.8 Å². The van der Waals surface area contributed by atoms with E-state index in [0.717, 1.165) is 48.6 Å². The van der Waals surface area contributed by atoms with Crippen molar-refractivity contribution < 1.29 is 35.9 Å². The number of nitrogens with zero attached hydrogens (tertiary/aromatic N) is 7. The minimum absolute atomic E-state index is 0.0358. The molecule has 53 heavy (non-hydrogen) atoms. The molecule has 0 aromatic carbocycles. The molecule has 6 heterocycles. The van der Waals surface area contributed by atoms with Gasteiger partial charge in [-0.2, -0.15) is 26.3 Å². The molecule has 2 fully saturated rings. The Morgan fingerprint density at radius 3 is 1.64 bits per heavy atom. The van der Waals surface area contributed by atoms with Crippen LogP contribution in [0.3, 0.4) is 0 Å². The fourth-order valence-electron chi connectivity index (χ4n) is 5.70. The molecule has 2 aliphatic rings. The molecule has 0 bridgehead atoms. The Labute approximate surface area is 309 Å². The molecule has 0 saturated carbocycles. The minimum atomic E-state index is -4.32. The van der Waals surface area contributed by atoms with Crippen LogP contribution in [0.2, 0.25) is 0 Å². The van der Waals surface area contributed by atoms with Crippen LogP contribution in [0, 0.1) is 13.1 Å². The molecule has 0 radical (unpaired) electrons. The number of carbonyl (C=O) groups is 1. The first-order chi connectivity index (χ1) is 24.9. The number of carbonyl (C=O) groups excluding carboxylic acids is 1. The van der Waals surface area contributed by atoms with Crippen LogP contribution in [-0.4, -0.2) is 87.1 Å². The van der Waals surface area contributed by atoms with Gasteiger partial charge in [-0.05, 0) is 71.7 Å². The van der Waals surface area contributed by atoms with E-state index < -0.39 is 30.8 Å². The van der Waals surface area contributed by atoms with Gasteiger partial charge < -0.3 is 35.3 Å². The number of fused-ring (bicyclic) bond motifs is 2. The molecule has 12 nitrogen and oxygen atoms in total. The Bertz CT molecular complexity index is 2000. The molecule has 0 aliphatic carbocycles. The third-order valence-electron chi connectivity index (χ3n) is 7.98. The van der Waals surface area contributed by atoms with Crippen LogP contribution in [0.5, 0.6) is 0 Å². The maximum Gasteiger partial charge on any atom is 0.410 e. The predicted octanol–water partition coefficient (Wildman–Crippen LogP) is 8.67. The highest BCUT2D eigenvalue weighted by molar-refractivity contribution is 7.19. The standard InChI is InChI=1S/C19H22F3N5O2S.C14H14F3N5S/c1-18(2,3)29-17(28)27-7-5-11(6-8-27)24-14-13-9-12(10-19(20,21)22)30-15(13)26-16(23-4)25-14;1-18-13-21-11(20-8-2-4-19-5-3-8)10-6-9(7-14(15,16)17)23-12(10)22-13/h9,11H,5-8,10H2,1-3H3,(H,24,25,26);6,8,19H,2-5,7H2,(H,20,21,22). The molecule has 0 spiro atoms. The van der Waals surface area contributed by atoms with Gasteiger partial charge in [-0.3, -0.25) is 0 Å². The molecule has 4 aromatic rings. The van der Waals surface area contributed by atoms with E-state index in [1.807, 2.05) is 20.8 Å². The second-order valence-electron chi connectivity index (χ2n) is 13.5. The third-order valence-corrected chi connectivity index (χ3v) is 10.0. The van der Waals surface area contributed by atoms with E-state index in [0.29, 0.717) is 58.0 Å². The van der Waals surface area contributed by atoms with Gasteiger partial charge in [0.2, 0.25) is 0 Å². The second-order valence-corrected chi connectivity index (χ2v) is 15.7. The zero-order valence-electron chi connectivity index (χ0n) is 28.9. The number of hydrogen-bond acceptors (Lipinski definition) is 11. The van der Waals surface area contributed by atoms with Gasteiger partial charge in [0.15, 0.2) is 21.3 Å². The van der Waals surface area contributed by atoms with Crippen molar-refractivity contribution in [3.8, 4) is 0 Å². The molecule has 4 aromatic heterocycles. The number of alkyl halides is 6. The van der Waals surface area contributed by atoms with Gasteiger partial charge >= 0.3 is 30.3 Å². The number of rotatable bonds is 6. The number of piperidine rings is 2. The van der Waals surface area contributed by atoms with Crippen molar-refractivity contribution in [3.63, 3.8) is 0 Å². The van der Waals surface area contributed by atoms with Gasteiger partial charge in [-0.15, -0.1) is 55.8 Å². The number of halogens is 6. The van der Waals surface area contributed by atoms with Gasteiger partial charge in [0.25, 0.3) is 0 Å². The summed E-state index contributed by atoms with van der Waals surface area (Å²) >= 11 is 1.88. The van der Waals surface area contributed by atoms with Gasteiger partial charge in [0, 0.05) is 34.9 Å². The normalized spacial score (nSPS) is 16.1. The quantitative estimate of drug-likeness (QED) is 0.130. The largest absolute Gasteiger partial charge is 0.444 e. The lowest BCUT2D eigenvalue weighted by Crippen LogP contribution is -2.44. The van der Waals surface area contributed by atoms with E-state index >= 15 is 0 Å². The lowest BCUT2D eigenvalue weighted by Gasteiger charge is -2.33. The minimum Gasteiger partial charge on any atom is -0.444 e. The summed E-state index contributed by atoms with van der Waals surface area (Å²) in [6, 6.07) is 3.06. The summed E-state index contributed by atoms with van der Waals surface area (Å²) in [6.45, 7) is 22.4. The highest BCUT2D eigenvalue weighted by Gasteiger charge is 2.32. The SMILES string of the molecule is [C-]#[N+]c1nc(NC2CCN(C(=O)OC(C)(C)C)CC2)c2cc(CC(F)(F)F)sc2n1.[C-]#[N+]c1nc(NC2CCNCC2)c2cc(CC(F)(F)F)sc2n1. The first-order valence-electron chi connectivity index (χ1n) is 16.6. The van der Waals surface area contributed by atoms with Gasteiger partial charge in [0.05, 0.1) is 23.6 Å². The van der Waals surface area contributed by atoms with E-state index in [-0.39, 0.29) is 39.8 Å². The first kappa shape index (κ1) is 39.7. The Morgan fingerprint density at radius 1 is 0.811 bits per heavy atom. The van der Waals surface area contributed by atoms with Crippen LogP contribution in [-0.2, 0) is 17.6 Å². The number of ether oxygens (including phenoxy) is 1. The maximum atomic E-state index is 12.8. The summed E-state index contributed by atoms with van der Waals surface area (Å²) in [7, 11) is 0. The first-order valence-corrected chi connectivity index (χ1v) is 18.2. The summed E-state index contributed by atoms with van der Waals surface area (Å²) in [5.74, 6) is 0.648. The molecule has 284 valence electrons. The lowest BCUT2D eigenvalue weighted by atomic mass is 10.1. The average Bonchev–Trinajstić information content (AvgIpc) is 3.66. The van der Waals surface area contributed by atoms with Crippen molar-refractivity contribution in [3.05, 3.63) is 44.7 Å². The highest BCUT2D eigenvalue weighted by atomic mass is 32.1. The maximum absolute atomic E-state index is 12.8. The molecular formula is C33H36F6N10O2S2. The summed E-state index contributed by atoms with van der Waals surface area (Å²) in [6.07, 6.45) is -7.94. The fourth-order valence-corrected chi connectivity index (χ4v) is 7.80. The van der Waals surface area contributed by atoms with E-state index in [9.17, 15) is 31.1 Å². The fraction of sp³-hybridized carbons (Fsp3) is 0.545. The van der Waals surface area contributed by atoms with Crippen molar-refractivity contribution in [1.29, 1.82) is 0 Å². The van der Waals surface area contributed by atoms with Gasteiger partial charge in [-0.25, -0.2) is 4.79 Å². The molecular weight excluding hydrogens is 747 g/mol. The zero-order valence-corrected chi connectivity index (χ0v) is 30.5. The average molecular weight is 783 g/mol. The van der Waals surface area contributed by atoms with Crippen LogP contribution in [0.15, 0.2) is 12.1 Å². The molecule has 2 aliphatic heterocycles. The van der Waals surface area contributed by atoms with Crippen LogP contribution >= 0.6 is 22.7 Å². The Hall–Kier alpha value is -4.53. The van der Waals surface area contributed by atoms with E-state index in [4.69, 9.17) is 17.9 Å². The van der Waals surface area contributed by atoms with Gasteiger partial charge in [-0.1, -0.05) is 0 Å².